The molecule has 0 amide bonds. The molecular formula is C38H60N2O3. The molecule has 240 valence electrons. The summed E-state index contributed by atoms with van der Waals surface area (Å²) in [6.07, 6.45) is 17.8. The lowest BCUT2D eigenvalue weighted by Crippen LogP contribution is -2.61. The van der Waals surface area contributed by atoms with Gasteiger partial charge in [0.15, 0.2) is 0 Å². The van der Waals surface area contributed by atoms with Crippen molar-refractivity contribution in [3.05, 3.63) is 65.2 Å². The standard InChI is InChI=1S/C38H60N2O3/c1-5-7-8-9-10-11-12-13-14-15-16-21-28-43-34-25-20-19-24-33(34)32(6-2)35-36(39)40-27-26-38(35,37(41)42-4)29-31-23-18-17-22-30(31)3/h17-20,22-25,32,35-36,40H,5-16,21,26-29,39H2,1-4H3. The fourth-order valence-corrected chi connectivity index (χ4v) is 7.31. The van der Waals surface area contributed by atoms with Gasteiger partial charge in [-0.05, 0) is 67.8 Å². The highest BCUT2D eigenvalue weighted by Crippen LogP contribution is 2.50. The average Bonchev–Trinajstić information content (AvgIpc) is 3.02. The van der Waals surface area contributed by atoms with Gasteiger partial charge in [0.2, 0.25) is 0 Å². The van der Waals surface area contributed by atoms with E-state index in [0.29, 0.717) is 26.0 Å². The minimum Gasteiger partial charge on any atom is -0.493 e. The van der Waals surface area contributed by atoms with Gasteiger partial charge in [0.25, 0.3) is 0 Å². The first kappa shape index (κ1) is 35.1. The van der Waals surface area contributed by atoms with E-state index in [2.05, 4.69) is 62.5 Å². The molecule has 0 spiro atoms. The number of carbonyl (C=O) groups excluding carboxylic acids is 1. The predicted molar refractivity (Wildman–Crippen MR) is 179 cm³/mol. The van der Waals surface area contributed by atoms with Gasteiger partial charge in [0.1, 0.15) is 5.75 Å². The summed E-state index contributed by atoms with van der Waals surface area (Å²) in [7, 11) is 1.51. The molecule has 5 heteroatoms. The van der Waals surface area contributed by atoms with Crippen LogP contribution in [0.25, 0.3) is 0 Å². The summed E-state index contributed by atoms with van der Waals surface area (Å²) in [5, 5.41) is 3.50. The van der Waals surface area contributed by atoms with Crippen LogP contribution in [0.1, 0.15) is 126 Å². The van der Waals surface area contributed by atoms with Crippen LogP contribution in [0.15, 0.2) is 48.5 Å². The van der Waals surface area contributed by atoms with Gasteiger partial charge in [-0.1, -0.05) is 127 Å². The quantitative estimate of drug-likeness (QED) is 0.119. The van der Waals surface area contributed by atoms with Crippen LogP contribution in [-0.4, -0.2) is 32.4 Å². The molecule has 3 N–H and O–H groups in total. The van der Waals surface area contributed by atoms with E-state index in [0.717, 1.165) is 24.2 Å². The van der Waals surface area contributed by atoms with Gasteiger partial charge in [-0.15, -0.1) is 0 Å². The van der Waals surface area contributed by atoms with Crippen LogP contribution in [0.5, 0.6) is 5.75 Å². The highest BCUT2D eigenvalue weighted by atomic mass is 16.5. The van der Waals surface area contributed by atoms with E-state index in [1.807, 2.05) is 12.1 Å². The Labute approximate surface area is 262 Å². The third-order valence-corrected chi connectivity index (χ3v) is 9.78. The van der Waals surface area contributed by atoms with Crippen LogP contribution in [0.3, 0.4) is 0 Å². The molecule has 1 aliphatic heterocycles. The first-order valence-electron chi connectivity index (χ1n) is 17.3. The number of para-hydroxylation sites is 1. The fourth-order valence-electron chi connectivity index (χ4n) is 7.31. The molecule has 4 unspecified atom stereocenters. The van der Waals surface area contributed by atoms with Gasteiger partial charge >= 0.3 is 5.97 Å². The average molecular weight is 593 g/mol. The summed E-state index contributed by atoms with van der Waals surface area (Å²) < 4.78 is 12.0. The highest BCUT2D eigenvalue weighted by molar-refractivity contribution is 5.78. The van der Waals surface area contributed by atoms with Gasteiger partial charge < -0.3 is 20.5 Å². The summed E-state index contributed by atoms with van der Waals surface area (Å²) in [5.74, 6) is 0.662. The minimum atomic E-state index is -0.727. The molecule has 1 heterocycles. The Morgan fingerprint density at radius 1 is 0.907 bits per heavy atom. The van der Waals surface area contributed by atoms with E-state index in [4.69, 9.17) is 15.2 Å². The summed E-state index contributed by atoms with van der Waals surface area (Å²) in [6, 6.07) is 16.7. The summed E-state index contributed by atoms with van der Waals surface area (Å²) >= 11 is 0. The number of hydrogen-bond acceptors (Lipinski definition) is 5. The number of benzene rings is 2. The van der Waals surface area contributed by atoms with Crippen molar-refractivity contribution in [3.63, 3.8) is 0 Å². The normalized spacial score (nSPS) is 21.0. The molecule has 3 rings (SSSR count). The van der Waals surface area contributed by atoms with E-state index in [1.165, 1.54) is 88.9 Å². The molecule has 0 aromatic heterocycles. The Balaban J connectivity index is 1.64. The first-order valence-corrected chi connectivity index (χ1v) is 17.3. The second-order valence-corrected chi connectivity index (χ2v) is 12.8. The highest BCUT2D eigenvalue weighted by Gasteiger charge is 2.54. The van der Waals surface area contributed by atoms with Crippen LogP contribution in [0, 0.1) is 18.3 Å². The maximum absolute atomic E-state index is 13.8. The van der Waals surface area contributed by atoms with Gasteiger partial charge in [0.05, 0.1) is 25.3 Å². The monoisotopic (exact) mass is 592 g/mol. The van der Waals surface area contributed by atoms with E-state index in [1.54, 1.807) is 0 Å². The molecule has 1 saturated heterocycles. The van der Waals surface area contributed by atoms with Crippen LogP contribution in [0.4, 0.5) is 0 Å². The zero-order chi connectivity index (χ0) is 30.9. The molecule has 2 aromatic rings. The molecular weight excluding hydrogens is 532 g/mol. The van der Waals surface area contributed by atoms with Gasteiger partial charge in [0, 0.05) is 5.92 Å². The number of nitrogens with two attached hydrogens (primary N) is 1. The van der Waals surface area contributed by atoms with Crippen LogP contribution in [-0.2, 0) is 16.0 Å². The molecule has 1 fully saturated rings. The summed E-state index contributed by atoms with van der Waals surface area (Å²) in [4.78, 5) is 13.8. The molecule has 0 radical (unpaired) electrons. The first-order chi connectivity index (χ1) is 21.0. The molecule has 1 aliphatic rings. The van der Waals surface area contributed by atoms with Crippen molar-refractivity contribution in [1.82, 2.24) is 5.32 Å². The third kappa shape index (κ3) is 10.1. The second kappa shape index (κ2) is 19.1. The van der Waals surface area contributed by atoms with E-state index in [9.17, 15) is 4.79 Å². The topological polar surface area (TPSA) is 73.6 Å². The fraction of sp³-hybridized carbons (Fsp3) is 0.658. The Bertz CT molecular complexity index is 1070. The van der Waals surface area contributed by atoms with Crippen molar-refractivity contribution in [2.45, 2.75) is 129 Å². The van der Waals surface area contributed by atoms with Crippen molar-refractivity contribution in [2.24, 2.45) is 17.1 Å². The molecule has 4 atom stereocenters. The molecule has 0 aliphatic carbocycles. The number of methoxy groups -OCH3 is 1. The number of aryl methyl sites for hydroxylation is 1. The van der Waals surface area contributed by atoms with E-state index < -0.39 is 5.41 Å². The van der Waals surface area contributed by atoms with Crippen LogP contribution < -0.4 is 15.8 Å². The number of rotatable bonds is 20. The molecule has 43 heavy (non-hydrogen) atoms. The minimum absolute atomic E-state index is 0.0455. The van der Waals surface area contributed by atoms with Crippen molar-refractivity contribution < 1.29 is 14.3 Å². The molecule has 5 nitrogen and oxygen atoms in total. The van der Waals surface area contributed by atoms with E-state index in [-0.39, 0.29) is 24.0 Å². The lowest BCUT2D eigenvalue weighted by atomic mass is 9.59. The lowest BCUT2D eigenvalue weighted by Gasteiger charge is -2.49. The number of hydrogen-bond donors (Lipinski definition) is 2. The zero-order valence-electron chi connectivity index (χ0n) is 27.7. The largest absolute Gasteiger partial charge is 0.493 e. The Morgan fingerprint density at radius 2 is 1.51 bits per heavy atom. The van der Waals surface area contributed by atoms with Crippen LogP contribution in [0.2, 0.25) is 0 Å². The number of ether oxygens (including phenoxy) is 2. The second-order valence-electron chi connectivity index (χ2n) is 12.8. The van der Waals surface area contributed by atoms with Crippen LogP contribution >= 0.6 is 0 Å². The van der Waals surface area contributed by atoms with E-state index >= 15 is 0 Å². The molecule has 0 saturated carbocycles. The number of esters is 1. The zero-order valence-corrected chi connectivity index (χ0v) is 27.7. The van der Waals surface area contributed by atoms with Gasteiger partial charge in [-0.3, -0.25) is 4.79 Å². The van der Waals surface area contributed by atoms with Crippen molar-refractivity contribution >= 4 is 5.97 Å². The predicted octanol–water partition coefficient (Wildman–Crippen LogP) is 8.86. The smallest absolute Gasteiger partial charge is 0.312 e. The summed E-state index contributed by atoms with van der Waals surface area (Å²) in [6.45, 7) is 7.99. The maximum Gasteiger partial charge on any atom is 0.312 e. The molecule has 2 aromatic carbocycles. The van der Waals surface area contributed by atoms with Crippen molar-refractivity contribution in [2.75, 3.05) is 20.3 Å². The Hall–Kier alpha value is -2.37. The number of carbonyl (C=O) groups is 1. The van der Waals surface area contributed by atoms with Gasteiger partial charge in [-0.2, -0.15) is 0 Å². The summed E-state index contributed by atoms with van der Waals surface area (Å²) in [5.41, 5.74) is 9.66. The number of nitrogens with one attached hydrogen (secondary N) is 1. The number of piperidine rings is 1. The van der Waals surface area contributed by atoms with Crippen molar-refractivity contribution in [1.29, 1.82) is 0 Å². The van der Waals surface area contributed by atoms with Gasteiger partial charge in [-0.25, -0.2) is 0 Å². The third-order valence-electron chi connectivity index (χ3n) is 9.78. The number of unbranched alkanes of at least 4 members (excludes halogenated alkanes) is 11. The Morgan fingerprint density at radius 3 is 2.14 bits per heavy atom. The lowest BCUT2D eigenvalue weighted by molar-refractivity contribution is -0.161. The Kier molecular flexibility index (Phi) is 15.6. The molecule has 0 bridgehead atoms. The SMILES string of the molecule is CCCCCCCCCCCCCCOc1ccccc1C(CC)C1C(N)NCCC1(Cc1ccccc1C)C(=O)OC. The maximum atomic E-state index is 13.8. The van der Waals surface area contributed by atoms with Crippen molar-refractivity contribution in [3.8, 4) is 5.75 Å².